The molecular weight excluding hydrogens is 266 g/mol. The van der Waals surface area contributed by atoms with E-state index < -0.39 is 0 Å². The zero-order chi connectivity index (χ0) is 13.8. The van der Waals surface area contributed by atoms with Crippen molar-refractivity contribution in [1.29, 1.82) is 0 Å². The fourth-order valence-electron chi connectivity index (χ4n) is 1.72. The molecule has 0 bridgehead atoms. The van der Waals surface area contributed by atoms with E-state index in [1.54, 1.807) is 37.2 Å². The van der Waals surface area contributed by atoms with Crippen molar-refractivity contribution in [3.63, 3.8) is 0 Å². The molecule has 2 aromatic rings. The minimum Gasteiger partial charge on any atom is -0.387 e. The van der Waals surface area contributed by atoms with Crippen LogP contribution < -0.4 is 5.32 Å². The van der Waals surface area contributed by atoms with Crippen LogP contribution in [0.1, 0.15) is 16.2 Å². The van der Waals surface area contributed by atoms with Gasteiger partial charge in [-0.25, -0.2) is 4.98 Å². The van der Waals surface area contributed by atoms with Crippen molar-refractivity contribution in [2.24, 2.45) is 0 Å². The summed E-state index contributed by atoms with van der Waals surface area (Å²) in [5.41, 5.74) is 1.26. The lowest BCUT2D eigenvalue weighted by Crippen LogP contribution is -2.27. The van der Waals surface area contributed by atoms with E-state index in [9.17, 15) is 4.79 Å². The van der Waals surface area contributed by atoms with E-state index in [2.05, 4.69) is 20.5 Å². The minimum absolute atomic E-state index is 0.136. The minimum atomic E-state index is -0.136. The van der Waals surface area contributed by atoms with Crippen molar-refractivity contribution in [3.8, 4) is 0 Å². The summed E-state index contributed by atoms with van der Waals surface area (Å²) < 4.78 is 0. The van der Waals surface area contributed by atoms with Gasteiger partial charge in [0.25, 0.3) is 5.91 Å². The first-order valence-corrected chi connectivity index (χ1v) is 6.06. The Bertz CT molecular complexity index is 570. The van der Waals surface area contributed by atoms with Crippen LogP contribution in [0.5, 0.6) is 0 Å². The topological polar surface area (TPSA) is 73.9 Å². The number of aromatic nitrogens is 3. The second-order valence-electron chi connectivity index (χ2n) is 4.03. The molecule has 7 heteroatoms. The zero-order valence-corrected chi connectivity index (χ0v) is 11.4. The van der Waals surface area contributed by atoms with Gasteiger partial charge in [-0.15, -0.1) is 0 Å². The van der Waals surface area contributed by atoms with E-state index in [1.807, 2.05) is 0 Å². The highest BCUT2D eigenvalue weighted by Gasteiger charge is 2.17. The fraction of sp³-hybridized carbons (Fsp3) is 0.250. The normalized spacial score (nSPS) is 10.3. The van der Waals surface area contributed by atoms with Gasteiger partial charge in [0.15, 0.2) is 0 Å². The summed E-state index contributed by atoms with van der Waals surface area (Å²) in [6.07, 6.45) is 1.41. The van der Waals surface area contributed by atoms with Crippen LogP contribution in [0.3, 0.4) is 0 Å². The molecule has 0 aliphatic carbocycles. The quantitative estimate of drug-likeness (QED) is 0.894. The molecule has 0 atom stereocenters. The summed E-state index contributed by atoms with van der Waals surface area (Å²) in [5.74, 6) is 0.493. The Kier molecular flexibility index (Phi) is 4.01. The average Bonchev–Trinajstić information content (AvgIpc) is 2.90. The second-order valence-corrected chi connectivity index (χ2v) is 4.47. The number of nitrogens with one attached hydrogen (secondary N) is 2. The highest BCUT2D eigenvalue weighted by molar-refractivity contribution is 6.31. The summed E-state index contributed by atoms with van der Waals surface area (Å²) >= 11 is 5.94. The number of hydrogen-bond acceptors (Lipinski definition) is 4. The number of rotatable bonds is 4. The number of carbonyl (C=O) groups is 1. The first-order chi connectivity index (χ1) is 9.11. The van der Waals surface area contributed by atoms with Gasteiger partial charge in [0.05, 0.1) is 12.1 Å². The summed E-state index contributed by atoms with van der Waals surface area (Å²) in [4.78, 5) is 17.9. The maximum absolute atomic E-state index is 12.4. The largest absolute Gasteiger partial charge is 0.387 e. The van der Waals surface area contributed by atoms with E-state index >= 15 is 0 Å². The predicted octanol–water partition coefficient (Wildman–Crippen LogP) is 1.77. The molecule has 19 heavy (non-hydrogen) atoms. The Hall–Kier alpha value is -2.08. The fourth-order valence-corrected chi connectivity index (χ4v) is 1.89. The van der Waals surface area contributed by atoms with Crippen LogP contribution in [0.15, 0.2) is 24.5 Å². The number of benzene rings is 1. The van der Waals surface area contributed by atoms with E-state index in [1.165, 1.54) is 6.33 Å². The Labute approximate surface area is 115 Å². The van der Waals surface area contributed by atoms with Crippen LogP contribution in [0.4, 0.5) is 5.69 Å². The molecule has 2 N–H and O–H groups in total. The number of H-pyrrole nitrogens is 1. The second kappa shape index (κ2) is 5.71. The highest BCUT2D eigenvalue weighted by Crippen LogP contribution is 2.21. The Balaban J connectivity index is 2.21. The van der Waals surface area contributed by atoms with Gasteiger partial charge >= 0.3 is 0 Å². The average molecular weight is 280 g/mol. The Morgan fingerprint density at radius 3 is 2.95 bits per heavy atom. The summed E-state index contributed by atoms with van der Waals surface area (Å²) in [7, 11) is 3.46. The standard InChI is InChI=1S/C12H14ClN5O/c1-14-10-4-3-8(13)5-9(10)12(19)18(2)6-11-15-7-16-17-11/h3-5,7,14H,6H2,1-2H3,(H,15,16,17). The smallest absolute Gasteiger partial charge is 0.256 e. The third-order valence-corrected chi connectivity index (χ3v) is 2.92. The molecule has 2 rings (SSSR count). The van der Waals surface area contributed by atoms with E-state index in [-0.39, 0.29) is 5.91 Å². The van der Waals surface area contributed by atoms with E-state index in [0.717, 1.165) is 5.69 Å². The number of carbonyl (C=O) groups excluding carboxylic acids is 1. The third kappa shape index (κ3) is 3.03. The molecule has 0 saturated heterocycles. The lowest BCUT2D eigenvalue weighted by atomic mass is 10.1. The van der Waals surface area contributed by atoms with Gasteiger partial charge in [0.2, 0.25) is 0 Å². The molecule has 0 spiro atoms. The molecule has 0 aliphatic rings. The van der Waals surface area contributed by atoms with Crippen molar-refractivity contribution in [2.45, 2.75) is 6.54 Å². The lowest BCUT2D eigenvalue weighted by molar-refractivity contribution is 0.0782. The van der Waals surface area contributed by atoms with Crippen molar-refractivity contribution < 1.29 is 4.79 Å². The van der Waals surface area contributed by atoms with Crippen molar-refractivity contribution >= 4 is 23.2 Å². The molecule has 1 amide bonds. The highest BCUT2D eigenvalue weighted by atomic mass is 35.5. The Morgan fingerprint density at radius 2 is 2.32 bits per heavy atom. The summed E-state index contributed by atoms with van der Waals surface area (Å²) in [5, 5.41) is 9.96. The summed E-state index contributed by atoms with van der Waals surface area (Å²) in [6, 6.07) is 5.16. The molecule has 1 heterocycles. The van der Waals surface area contributed by atoms with Gasteiger partial charge < -0.3 is 10.2 Å². The van der Waals surface area contributed by atoms with Gasteiger partial charge in [-0.05, 0) is 18.2 Å². The molecule has 0 unspecified atom stereocenters. The SMILES string of the molecule is CNc1ccc(Cl)cc1C(=O)N(C)Cc1ncn[nH]1. The molecule has 100 valence electrons. The number of halogens is 1. The number of hydrogen-bond donors (Lipinski definition) is 2. The maximum atomic E-state index is 12.4. The van der Waals surface area contributed by atoms with Gasteiger partial charge in [-0.2, -0.15) is 5.10 Å². The monoisotopic (exact) mass is 279 g/mol. The number of aromatic amines is 1. The number of anilines is 1. The zero-order valence-electron chi connectivity index (χ0n) is 10.6. The molecule has 6 nitrogen and oxygen atoms in total. The van der Waals surface area contributed by atoms with Crippen LogP contribution in [0.25, 0.3) is 0 Å². The Morgan fingerprint density at radius 1 is 1.53 bits per heavy atom. The third-order valence-electron chi connectivity index (χ3n) is 2.68. The molecule has 0 fully saturated rings. The maximum Gasteiger partial charge on any atom is 0.256 e. The van der Waals surface area contributed by atoms with Crippen molar-refractivity contribution in [3.05, 3.63) is 40.9 Å². The number of amides is 1. The molecule has 1 aromatic carbocycles. The van der Waals surface area contributed by atoms with Crippen LogP contribution >= 0.6 is 11.6 Å². The molecule has 0 radical (unpaired) electrons. The van der Waals surface area contributed by atoms with Gasteiger partial charge in [-0.3, -0.25) is 9.89 Å². The lowest BCUT2D eigenvalue weighted by Gasteiger charge is -2.18. The van der Waals surface area contributed by atoms with Crippen LogP contribution in [0.2, 0.25) is 5.02 Å². The van der Waals surface area contributed by atoms with E-state index in [4.69, 9.17) is 11.6 Å². The van der Waals surface area contributed by atoms with Crippen LogP contribution in [-0.2, 0) is 6.54 Å². The molecule has 0 saturated carbocycles. The van der Waals surface area contributed by atoms with Gasteiger partial charge in [-0.1, -0.05) is 11.6 Å². The van der Waals surface area contributed by atoms with Gasteiger partial charge in [0, 0.05) is 24.8 Å². The number of nitrogens with zero attached hydrogens (tertiary/aromatic N) is 3. The molecular formula is C12H14ClN5O. The van der Waals surface area contributed by atoms with Crippen LogP contribution in [-0.4, -0.2) is 40.1 Å². The molecule has 0 aliphatic heterocycles. The van der Waals surface area contributed by atoms with Crippen molar-refractivity contribution in [1.82, 2.24) is 20.1 Å². The summed E-state index contributed by atoms with van der Waals surface area (Å²) in [6.45, 7) is 0.356. The van der Waals surface area contributed by atoms with Crippen molar-refractivity contribution in [2.75, 3.05) is 19.4 Å². The first-order valence-electron chi connectivity index (χ1n) is 5.69. The predicted molar refractivity (Wildman–Crippen MR) is 73.2 cm³/mol. The van der Waals surface area contributed by atoms with E-state index in [0.29, 0.717) is 23.0 Å². The molecule has 1 aromatic heterocycles. The van der Waals surface area contributed by atoms with Gasteiger partial charge in [0.1, 0.15) is 12.2 Å². The first kappa shape index (κ1) is 13.4. The van der Waals surface area contributed by atoms with Crippen LogP contribution in [0, 0.1) is 0 Å².